The van der Waals surface area contributed by atoms with Gasteiger partial charge in [-0.15, -0.1) is 6.58 Å². The van der Waals surface area contributed by atoms with Crippen molar-refractivity contribution in [2.75, 3.05) is 0 Å². The van der Waals surface area contributed by atoms with Crippen LogP contribution in [0.15, 0.2) is 12.7 Å². The topological polar surface area (TPSA) is 0 Å². The van der Waals surface area contributed by atoms with Crippen LogP contribution in [0.3, 0.4) is 0 Å². The van der Waals surface area contributed by atoms with Crippen LogP contribution in [0.1, 0.15) is 64.7 Å². The molecule has 0 aromatic rings. The quantitative estimate of drug-likeness (QED) is 0.289. The number of allylic oxidation sites excluding steroid dienone is 1. The van der Waals surface area contributed by atoms with Crippen molar-refractivity contribution in [2.24, 2.45) is 0 Å². The van der Waals surface area contributed by atoms with Crippen LogP contribution >= 0.6 is 0 Å². The molecule has 0 N–H and O–H groups in total. The number of unbranched alkanes of at least 4 members (excludes halogenated alkanes) is 8. The fraction of sp³-hybridized carbons (Fsp3) is 0.833. The van der Waals surface area contributed by atoms with Gasteiger partial charge < -0.3 is 0 Å². The molecule has 1 radical (unpaired) electrons. The maximum absolute atomic E-state index is 3.72. The van der Waals surface area contributed by atoms with Gasteiger partial charge in [-0.05, 0) is 12.8 Å². The molecule has 0 saturated heterocycles. The summed E-state index contributed by atoms with van der Waals surface area (Å²) >= 11 is 0. The first-order chi connectivity index (χ1) is 5.91. The van der Waals surface area contributed by atoms with E-state index < -0.39 is 0 Å². The molecule has 0 aliphatic rings. The predicted octanol–water partition coefficient (Wildman–Crippen LogP) is 4.32. The third-order valence-corrected chi connectivity index (χ3v) is 2.26. The van der Waals surface area contributed by atoms with Gasteiger partial charge in [0.05, 0.1) is 0 Å². The van der Waals surface area contributed by atoms with Gasteiger partial charge in [0.1, 0.15) is 0 Å². The molecule has 0 spiro atoms. The minimum atomic E-state index is 0. The van der Waals surface area contributed by atoms with E-state index in [4.69, 9.17) is 0 Å². The molecule has 0 aliphatic carbocycles. The molecule has 1 heteroatoms. The van der Waals surface area contributed by atoms with Crippen LogP contribution in [0.2, 0.25) is 0 Å². The zero-order valence-electron chi connectivity index (χ0n) is 9.65. The first-order valence-corrected chi connectivity index (χ1v) is 5.52. The van der Waals surface area contributed by atoms with Crippen LogP contribution in [0.5, 0.6) is 0 Å². The first-order valence-electron chi connectivity index (χ1n) is 5.52. The van der Waals surface area contributed by atoms with Gasteiger partial charge in [0, 0.05) is 29.6 Å². The molecule has 0 atom stereocenters. The normalized spacial score (nSPS) is 9.31. The Hall–Kier alpha value is 0.740. The minimum Gasteiger partial charge on any atom is -0.103 e. The molecule has 0 nitrogen and oxygen atoms in total. The molecule has 0 aromatic carbocycles. The standard InChI is InChI=1S/C12H24.Na/c1-3-5-7-9-11-12-10-8-6-4-2;/h3H,1,4-12H2,2H3;. The summed E-state index contributed by atoms with van der Waals surface area (Å²) < 4.78 is 0. The molecule has 0 fully saturated rings. The Morgan fingerprint density at radius 1 is 0.846 bits per heavy atom. The number of hydrogen-bond acceptors (Lipinski definition) is 0. The zero-order valence-corrected chi connectivity index (χ0v) is 11.6. The molecular formula is C12H24Na. The third-order valence-electron chi connectivity index (χ3n) is 2.26. The predicted molar refractivity (Wildman–Crippen MR) is 63.2 cm³/mol. The van der Waals surface area contributed by atoms with Gasteiger partial charge in [-0.2, -0.15) is 0 Å². The molecule has 13 heavy (non-hydrogen) atoms. The molecule has 0 saturated carbocycles. The van der Waals surface area contributed by atoms with Crippen molar-refractivity contribution in [3.05, 3.63) is 12.7 Å². The van der Waals surface area contributed by atoms with Crippen molar-refractivity contribution < 1.29 is 0 Å². The second-order valence-electron chi connectivity index (χ2n) is 3.55. The third kappa shape index (κ3) is 15.5. The molecule has 0 bridgehead atoms. The van der Waals surface area contributed by atoms with Crippen molar-refractivity contribution in [3.8, 4) is 0 Å². The van der Waals surface area contributed by atoms with Gasteiger partial charge in [0.2, 0.25) is 0 Å². The van der Waals surface area contributed by atoms with Gasteiger partial charge >= 0.3 is 0 Å². The average molecular weight is 191 g/mol. The molecule has 0 heterocycles. The summed E-state index contributed by atoms with van der Waals surface area (Å²) in [5.74, 6) is 0. The van der Waals surface area contributed by atoms with E-state index >= 15 is 0 Å². The molecule has 0 aliphatic heterocycles. The first kappa shape index (κ1) is 16.2. The zero-order chi connectivity index (χ0) is 9.07. The Labute approximate surface area is 106 Å². The van der Waals surface area contributed by atoms with Crippen molar-refractivity contribution in [2.45, 2.75) is 64.7 Å². The largest absolute Gasteiger partial charge is 0.103 e. The monoisotopic (exact) mass is 191 g/mol. The molecule has 0 unspecified atom stereocenters. The smallest absolute Gasteiger partial charge is 0 e. The van der Waals surface area contributed by atoms with E-state index in [2.05, 4.69) is 13.5 Å². The Balaban J connectivity index is 0. The Morgan fingerprint density at radius 2 is 1.31 bits per heavy atom. The molecular weight excluding hydrogens is 167 g/mol. The van der Waals surface area contributed by atoms with Gasteiger partial charge in [0.25, 0.3) is 0 Å². The Bertz CT molecular complexity index is 89.1. The van der Waals surface area contributed by atoms with Crippen LogP contribution in [-0.4, -0.2) is 29.6 Å². The van der Waals surface area contributed by atoms with Gasteiger partial charge in [0.15, 0.2) is 0 Å². The van der Waals surface area contributed by atoms with E-state index in [1.165, 1.54) is 57.8 Å². The van der Waals surface area contributed by atoms with Crippen molar-refractivity contribution >= 4 is 29.6 Å². The van der Waals surface area contributed by atoms with E-state index in [9.17, 15) is 0 Å². The van der Waals surface area contributed by atoms with Crippen LogP contribution in [0.25, 0.3) is 0 Å². The van der Waals surface area contributed by atoms with Crippen molar-refractivity contribution in [1.29, 1.82) is 0 Å². The van der Waals surface area contributed by atoms with Crippen molar-refractivity contribution in [3.63, 3.8) is 0 Å². The second kappa shape index (κ2) is 15.2. The molecule has 0 aromatic heterocycles. The van der Waals surface area contributed by atoms with E-state index in [0.717, 1.165) is 0 Å². The number of hydrogen-bond donors (Lipinski definition) is 0. The summed E-state index contributed by atoms with van der Waals surface area (Å²) in [7, 11) is 0. The van der Waals surface area contributed by atoms with E-state index in [0.29, 0.717) is 0 Å². The van der Waals surface area contributed by atoms with Gasteiger partial charge in [-0.1, -0.05) is 57.9 Å². The summed E-state index contributed by atoms with van der Waals surface area (Å²) in [5.41, 5.74) is 0. The van der Waals surface area contributed by atoms with Crippen molar-refractivity contribution in [1.82, 2.24) is 0 Å². The molecule has 73 valence electrons. The molecule has 0 amide bonds. The summed E-state index contributed by atoms with van der Waals surface area (Å²) in [6.45, 7) is 5.99. The van der Waals surface area contributed by atoms with E-state index in [1.807, 2.05) is 6.08 Å². The van der Waals surface area contributed by atoms with E-state index in [1.54, 1.807) is 0 Å². The van der Waals surface area contributed by atoms with Gasteiger partial charge in [-0.25, -0.2) is 0 Å². The molecule has 0 rings (SSSR count). The fourth-order valence-electron chi connectivity index (χ4n) is 1.42. The summed E-state index contributed by atoms with van der Waals surface area (Å²) in [6.07, 6.45) is 14.5. The van der Waals surface area contributed by atoms with Crippen LogP contribution in [0.4, 0.5) is 0 Å². The summed E-state index contributed by atoms with van der Waals surface area (Å²) in [5, 5.41) is 0. The summed E-state index contributed by atoms with van der Waals surface area (Å²) in [6, 6.07) is 0. The second-order valence-corrected chi connectivity index (χ2v) is 3.55. The van der Waals surface area contributed by atoms with Gasteiger partial charge in [-0.3, -0.25) is 0 Å². The Kier molecular flexibility index (Phi) is 18.9. The van der Waals surface area contributed by atoms with Crippen LogP contribution < -0.4 is 0 Å². The minimum absolute atomic E-state index is 0. The average Bonchev–Trinajstić information content (AvgIpc) is 2.10. The Morgan fingerprint density at radius 3 is 1.77 bits per heavy atom. The maximum atomic E-state index is 3.72. The maximum Gasteiger partial charge on any atom is 0 e. The van der Waals surface area contributed by atoms with Crippen LogP contribution in [-0.2, 0) is 0 Å². The fourth-order valence-corrected chi connectivity index (χ4v) is 1.42. The SMILES string of the molecule is C=CCCCCCCCCCC.[Na]. The van der Waals surface area contributed by atoms with Crippen LogP contribution in [0, 0.1) is 0 Å². The summed E-state index contributed by atoms with van der Waals surface area (Å²) in [4.78, 5) is 0. The van der Waals surface area contributed by atoms with E-state index in [-0.39, 0.29) is 29.6 Å². The number of rotatable bonds is 9.